The topological polar surface area (TPSA) is 37.3 Å². The standard InChI is InChI=1S/C25H49O2/c1-3-5-6-7-8-9-10-11-12-13-14-15-16-17-18-19-20-21-22-23-24(4-2)25(26)27/h23-24H,3-22H2,1-2H3,(H,26,27)/t24-/m1/s1. The van der Waals surface area contributed by atoms with Crippen LogP contribution < -0.4 is 0 Å². The van der Waals surface area contributed by atoms with E-state index < -0.39 is 5.97 Å². The monoisotopic (exact) mass is 381 g/mol. The summed E-state index contributed by atoms with van der Waals surface area (Å²) in [5.74, 6) is -0.907. The van der Waals surface area contributed by atoms with Gasteiger partial charge in [-0.2, -0.15) is 0 Å². The fourth-order valence-corrected chi connectivity index (χ4v) is 3.81. The van der Waals surface area contributed by atoms with Crippen molar-refractivity contribution in [3.8, 4) is 0 Å². The quantitative estimate of drug-likeness (QED) is 0.190. The molecule has 0 spiro atoms. The number of carboxylic acids is 1. The van der Waals surface area contributed by atoms with Gasteiger partial charge in [0.1, 0.15) is 0 Å². The Hall–Kier alpha value is -0.530. The summed E-state index contributed by atoms with van der Waals surface area (Å²) in [6, 6.07) is 0. The third kappa shape index (κ3) is 20.0. The van der Waals surface area contributed by atoms with Crippen LogP contribution in [0.2, 0.25) is 0 Å². The number of carboxylic acid groups (broad SMARTS) is 1. The van der Waals surface area contributed by atoms with Crippen LogP contribution in [0.1, 0.15) is 142 Å². The molecule has 1 N–H and O–H groups in total. The molecule has 2 nitrogen and oxygen atoms in total. The second kappa shape index (κ2) is 21.8. The Kier molecular flexibility index (Phi) is 21.3. The highest BCUT2D eigenvalue weighted by Gasteiger charge is 2.13. The van der Waals surface area contributed by atoms with Gasteiger partial charge in [0.15, 0.2) is 0 Å². The van der Waals surface area contributed by atoms with Crippen LogP contribution in [0.5, 0.6) is 0 Å². The maximum atomic E-state index is 10.9. The molecule has 0 fully saturated rings. The normalized spacial score (nSPS) is 12.4. The molecule has 1 atom stereocenters. The highest BCUT2D eigenvalue weighted by atomic mass is 16.4. The van der Waals surface area contributed by atoms with Crippen LogP contribution >= 0.6 is 0 Å². The van der Waals surface area contributed by atoms with Gasteiger partial charge in [0.2, 0.25) is 0 Å². The lowest BCUT2D eigenvalue weighted by Gasteiger charge is -2.08. The molecule has 0 aliphatic carbocycles. The number of carbonyl (C=O) groups is 1. The van der Waals surface area contributed by atoms with Gasteiger partial charge >= 0.3 is 5.97 Å². The first kappa shape index (κ1) is 26.5. The van der Waals surface area contributed by atoms with Crippen LogP contribution in [-0.4, -0.2) is 11.1 Å². The largest absolute Gasteiger partial charge is 0.481 e. The highest BCUT2D eigenvalue weighted by Crippen LogP contribution is 2.16. The van der Waals surface area contributed by atoms with E-state index in [0.717, 1.165) is 12.8 Å². The molecule has 161 valence electrons. The first-order valence-electron chi connectivity index (χ1n) is 12.3. The Labute approximate surface area is 170 Å². The molecule has 0 aromatic rings. The van der Waals surface area contributed by atoms with E-state index in [1.807, 2.05) is 13.3 Å². The molecule has 0 saturated heterocycles. The minimum absolute atomic E-state index is 0.240. The average Bonchev–Trinajstić information content (AvgIpc) is 2.66. The second-order valence-corrected chi connectivity index (χ2v) is 8.39. The van der Waals surface area contributed by atoms with Crippen molar-refractivity contribution in [3.05, 3.63) is 6.42 Å². The van der Waals surface area contributed by atoms with Gasteiger partial charge in [-0.3, -0.25) is 4.79 Å². The summed E-state index contributed by atoms with van der Waals surface area (Å²) < 4.78 is 0. The minimum atomic E-state index is -0.667. The molecule has 27 heavy (non-hydrogen) atoms. The van der Waals surface area contributed by atoms with E-state index in [-0.39, 0.29) is 5.92 Å². The lowest BCUT2D eigenvalue weighted by molar-refractivity contribution is -0.140. The highest BCUT2D eigenvalue weighted by molar-refractivity contribution is 5.71. The summed E-state index contributed by atoms with van der Waals surface area (Å²) in [6.07, 6.45) is 28.8. The smallest absolute Gasteiger partial charge is 0.306 e. The van der Waals surface area contributed by atoms with Crippen molar-refractivity contribution < 1.29 is 9.90 Å². The van der Waals surface area contributed by atoms with Crippen LogP contribution in [0.4, 0.5) is 0 Å². The van der Waals surface area contributed by atoms with Crippen LogP contribution in [0.15, 0.2) is 0 Å². The SMILES string of the molecule is CCCCCCCCCCCCCCCCCCCC[CH][C@@H](CC)C(=O)O. The minimum Gasteiger partial charge on any atom is -0.481 e. The van der Waals surface area contributed by atoms with Crippen LogP contribution in [0, 0.1) is 12.3 Å². The summed E-state index contributed by atoms with van der Waals surface area (Å²) in [5, 5.41) is 8.99. The van der Waals surface area contributed by atoms with E-state index in [0.29, 0.717) is 6.42 Å². The van der Waals surface area contributed by atoms with Crippen LogP contribution in [0.25, 0.3) is 0 Å². The molecular weight excluding hydrogens is 332 g/mol. The van der Waals surface area contributed by atoms with Gasteiger partial charge in [0, 0.05) is 0 Å². The molecule has 0 unspecified atom stereocenters. The van der Waals surface area contributed by atoms with Crippen LogP contribution in [-0.2, 0) is 4.79 Å². The third-order valence-electron chi connectivity index (χ3n) is 5.77. The second-order valence-electron chi connectivity index (χ2n) is 8.39. The molecule has 0 saturated carbocycles. The number of aliphatic carboxylic acids is 1. The summed E-state index contributed by atoms with van der Waals surface area (Å²) >= 11 is 0. The lowest BCUT2D eigenvalue weighted by atomic mass is 9.98. The van der Waals surface area contributed by atoms with Crippen molar-refractivity contribution >= 4 is 5.97 Å². The first-order valence-corrected chi connectivity index (χ1v) is 12.3. The van der Waals surface area contributed by atoms with Crippen molar-refractivity contribution in [2.24, 2.45) is 5.92 Å². The maximum absolute atomic E-state index is 10.9. The number of unbranched alkanes of at least 4 members (excludes halogenated alkanes) is 18. The van der Waals surface area contributed by atoms with Crippen molar-refractivity contribution in [1.29, 1.82) is 0 Å². The molecule has 2 heteroatoms. The number of hydrogen-bond acceptors (Lipinski definition) is 1. The zero-order chi connectivity index (χ0) is 20.0. The average molecular weight is 382 g/mol. The fourth-order valence-electron chi connectivity index (χ4n) is 3.81. The summed E-state index contributed by atoms with van der Waals surface area (Å²) in [5.41, 5.74) is 0. The van der Waals surface area contributed by atoms with E-state index in [1.165, 1.54) is 109 Å². The molecule has 0 heterocycles. The third-order valence-corrected chi connectivity index (χ3v) is 5.77. The predicted octanol–water partition coefficient (Wildman–Crippen LogP) is 8.73. The molecule has 0 bridgehead atoms. The molecule has 0 aliphatic rings. The van der Waals surface area contributed by atoms with E-state index in [1.54, 1.807) is 0 Å². The summed E-state index contributed by atoms with van der Waals surface area (Å²) in [4.78, 5) is 10.9. The molecule has 0 aromatic carbocycles. The van der Waals surface area contributed by atoms with Crippen molar-refractivity contribution in [2.45, 2.75) is 142 Å². The summed E-state index contributed by atoms with van der Waals surface area (Å²) in [6.45, 7) is 4.23. The predicted molar refractivity (Wildman–Crippen MR) is 119 cm³/mol. The van der Waals surface area contributed by atoms with Gasteiger partial charge in [-0.1, -0.05) is 129 Å². The Bertz CT molecular complexity index is 301. The summed E-state index contributed by atoms with van der Waals surface area (Å²) in [7, 11) is 0. The Morgan fingerprint density at radius 1 is 0.630 bits per heavy atom. The fraction of sp³-hybridized carbons (Fsp3) is 0.920. The van der Waals surface area contributed by atoms with Crippen molar-refractivity contribution in [3.63, 3.8) is 0 Å². The Morgan fingerprint density at radius 2 is 0.963 bits per heavy atom. The van der Waals surface area contributed by atoms with E-state index >= 15 is 0 Å². The van der Waals surface area contributed by atoms with Gasteiger partial charge in [-0.25, -0.2) is 0 Å². The van der Waals surface area contributed by atoms with Gasteiger partial charge in [0.25, 0.3) is 0 Å². The van der Waals surface area contributed by atoms with Gasteiger partial charge in [0.05, 0.1) is 5.92 Å². The molecular formula is C25H49O2. The van der Waals surface area contributed by atoms with Gasteiger partial charge in [-0.05, 0) is 19.3 Å². The molecule has 0 aromatic heterocycles. The zero-order valence-corrected chi connectivity index (χ0v) is 18.7. The van der Waals surface area contributed by atoms with Crippen molar-refractivity contribution in [1.82, 2.24) is 0 Å². The Morgan fingerprint density at radius 3 is 1.26 bits per heavy atom. The molecule has 0 aliphatic heterocycles. The van der Waals surface area contributed by atoms with E-state index in [9.17, 15) is 4.79 Å². The van der Waals surface area contributed by atoms with Gasteiger partial charge in [-0.15, -0.1) is 0 Å². The molecule has 0 rings (SSSR count). The molecule has 1 radical (unpaired) electrons. The first-order chi connectivity index (χ1) is 13.2. The van der Waals surface area contributed by atoms with Gasteiger partial charge < -0.3 is 5.11 Å². The molecule has 0 amide bonds. The van der Waals surface area contributed by atoms with Crippen LogP contribution in [0.3, 0.4) is 0 Å². The lowest BCUT2D eigenvalue weighted by Crippen LogP contribution is -2.12. The Balaban J connectivity index is 3.10. The van der Waals surface area contributed by atoms with E-state index in [2.05, 4.69) is 6.92 Å². The van der Waals surface area contributed by atoms with Crippen molar-refractivity contribution in [2.75, 3.05) is 0 Å². The zero-order valence-electron chi connectivity index (χ0n) is 18.7. The van der Waals surface area contributed by atoms with E-state index in [4.69, 9.17) is 5.11 Å². The number of hydrogen-bond donors (Lipinski definition) is 1. The maximum Gasteiger partial charge on any atom is 0.306 e. The number of rotatable bonds is 22.